The molecule has 1 amide bonds. The van der Waals surface area contributed by atoms with Gasteiger partial charge in [0, 0.05) is 10.6 Å². The lowest BCUT2D eigenvalue weighted by molar-refractivity contribution is 0.0955. The number of halogens is 2. The molecule has 3 rings (SSSR count). The summed E-state index contributed by atoms with van der Waals surface area (Å²) in [5, 5.41) is 8.99. The van der Waals surface area contributed by atoms with Gasteiger partial charge in [-0.05, 0) is 31.5 Å². The molecule has 2 heterocycles. The Hall–Kier alpha value is -1.90. The van der Waals surface area contributed by atoms with E-state index >= 15 is 0 Å². The van der Waals surface area contributed by atoms with E-state index in [0.717, 1.165) is 0 Å². The van der Waals surface area contributed by atoms with Crippen molar-refractivity contribution in [3.05, 3.63) is 51.3 Å². The zero-order valence-electron chi connectivity index (χ0n) is 13.8. The van der Waals surface area contributed by atoms with Gasteiger partial charge in [-0.25, -0.2) is 18.5 Å². The summed E-state index contributed by atoms with van der Waals surface area (Å²) in [4.78, 5) is 12.0. The topological polar surface area (TPSA) is 93.4 Å². The molecule has 0 aliphatic carbocycles. The first-order valence-corrected chi connectivity index (χ1v) is 10.4. The SMILES string of the molecule is Cc1nn([C@@H]2CCS(=O)(=O)C2)c(Cl)c1/C=N\NC(=O)c1cccc(Cl)c1. The number of nitrogens with zero attached hydrogens (tertiary/aromatic N) is 3. The first kappa shape index (κ1) is 18.9. The van der Waals surface area contributed by atoms with Crippen LogP contribution in [0.1, 0.15) is 34.1 Å². The predicted octanol–water partition coefficient (Wildman–Crippen LogP) is 2.62. The summed E-state index contributed by atoms with van der Waals surface area (Å²) >= 11 is 12.2. The molecule has 26 heavy (non-hydrogen) atoms. The van der Waals surface area contributed by atoms with Crippen molar-refractivity contribution in [3.63, 3.8) is 0 Å². The quantitative estimate of drug-likeness (QED) is 0.614. The standard InChI is InChI=1S/C16H16Cl2N4O3S/c1-10-14(8-19-20-16(23)11-3-2-4-12(17)7-11)15(18)22(21-10)13-5-6-26(24,25)9-13/h2-4,7-8,13H,5-6,9H2,1H3,(H,20,23)/b19-8-/t13-/m1/s1. The van der Waals surface area contributed by atoms with E-state index in [1.807, 2.05) is 0 Å². The molecule has 7 nitrogen and oxygen atoms in total. The molecule has 0 bridgehead atoms. The summed E-state index contributed by atoms with van der Waals surface area (Å²) in [6.45, 7) is 1.74. The zero-order valence-corrected chi connectivity index (χ0v) is 16.1. The molecule has 1 saturated heterocycles. The summed E-state index contributed by atoms with van der Waals surface area (Å²) in [7, 11) is -3.05. The number of hydrogen-bond donors (Lipinski definition) is 1. The van der Waals surface area contributed by atoms with Crippen molar-refractivity contribution in [1.82, 2.24) is 15.2 Å². The minimum absolute atomic E-state index is 0.0237. The Labute approximate surface area is 160 Å². The van der Waals surface area contributed by atoms with E-state index in [4.69, 9.17) is 23.2 Å². The molecule has 1 aliphatic rings. The highest BCUT2D eigenvalue weighted by Gasteiger charge is 2.31. The minimum Gasteiger partial charge on any atom is -0.267 e. The van der Waals surface area contributed by atoms with Crippen molar-refractivity contribution in [2.45, 2.75) is 19.4 Å². The molecule has 138 valence electrons. The lowest BCUT2D eigenvalue weighted by Crippen LogP contribution is -2.17. The fourth-order valence-corrected chi connectivity index (χ4v) is 4.98. The largest absolute Gasteiger partial charge is 0.271 e. The summed E-state index contributed by atoms with van der Waals surface area (Å²) in [6, 6.07) is 6.20. The zero-order chi connectivity index (χ0) is 18.9. The number of benzene rings is 1. The maximum atomic E-state index is 12.0. The smallest absolute Gasteiger partial charge is 0.267 e. The van der Waals surface area contributed by atoms with Crippen LogP contribution in [0.3, 0.4) is 0 Å². The number of carbonyl (C=O) groups is 1. The van der Waals surface area contributed by atoms with Gasteiger partial charge in [0.15, 0.2) is 9.84 Å². The Bertz CT molecular complexity index is 985. The fraction of sp³-hybridized carbons (Fsp3) is 0.312. The molecule has 1 aliphatic heterocycles. The molecule has 0 radical (unpaired) electrons. The van der Waals surface area contributed by atoms with Crippen LogP contribution in [-0.2, 0) is 9.84 Å². The van der Waals surface area contributed by atoms with Crippen molar-refractivity contribution in [2.75, 3.05) is 11.5 Å². The Morgan fingerprint density at radius 3 is 2.85 bits per heavy atom. The maximum absolute atomic E-state index is 12.0. The molecule has 1 N–H and O–H groups in total. The van der Waals surface area contributed by atoms with Gasteiger partial charge in [-0.2, -0.15) is 10.2 Å². The van der Waals surface area contributed by atoms with Gasteiger partial charge in [-0.1, -0.05) is 29.3 Å². The molecule has 2 aromatic rings. The van der Waals surface area contributed by atoms with Gasteiger partial charge in [0.05, 0.1) is 35.0 Å². The van der Waals surface area contributed by atoms with E-state index in [2.05, 4.69) is 15.6 Å². The predicted molar refractivity (Wildman–Crippen MR) is 101 cm³/mol. The van der Waals surface area contributed by atoms with Crippen LogP contribution in [0, 0.1) is 6.92 Å². The van der Waals surface area contributed by atoms with Gasteiger partial charge in [0.2, 0.25) is 0 Å². The van der Waals surface area contributed by atoms with Crippen LogP contribution in [0.15, 0.2) is 29.4 Å². The second-order valence-corrected chi connectivity index (χ2v) is 9.02. The Morgan fingerprint density at radius 2 is 2.19 bits per heavy atom. The molecule has 10 heteroatoms. The summed E-state index contributed by atoms with van der Waals surface area (Å²) < 4.78 is 24.8. The lowest BCUT2D eigenvalue weighted by atomic mass is 10.2. The van der Waals surface area contributed by atoms with Gasteiger partial charge in [0.1, 0.15) is 5.15 Å². The highest BCUT2D eigenvalue weighted by molar-refractivity contribution is 7.91. The third kappa shape index (κ3) is 4.08. The van der Waals surface area contributed by atoms with Crippen molar-refractivity contribution in [1.29, 1.82) is 0 Å². The van der Waals surface area contributed by atoms with Crippen LogP contribution in [0.2, 0.25) is 10.2 Å². The van der Waals surface area contributed by atoms with Crippen LogP contribution in [0.25, 0.3) is 0 Å². The maximum Gasteiger partial charge on any atom is 0.271 e. The van der Waals surface area contributed by atoms with Crippen molar-refractivity contribution in [3.8, 4) is 0 Å². The number of nitrogens with one attached hydrogen (secondary N) is 1. The Morgan fingerprint density at radius 1 is 1.42 bits per heavy atom. The van der Waals surface area contributed by atoms with Gasteiger partial charge in [0.25, 0.3) is 5.91 Å². The average Bonchev–Trinajstić information content (AvgIpc) is 3.07. The normalized spacial score (nSPS) is 19.1. The second-order valence-electron chi connectivity index (χ2n) is 6.00. The average molecular weight is 415 g/mol. The molecule has 0 spiro atoms. The van der Waals surface area contributed by atoms with E-state index in [0.29, 0.717) is 33.4 Å². The number of rotatable bonds is 4. The first-order valence-electron chi connectivity index (χ1n) is 7.81. The van der Waals surface area contributed by atoms with Gasteiger partial charge >= 0.3 is 0 Å². The highest BCUT2D eigenvalue weighted by atomic mass is 35.5. The van der Waals surface area contributed by atoms with E-state index in [-0.39, 0.29) is 17.5 Å². The minimum atomic E-state index is -3.05. The molecular weight excluding hydrogens is 399 g/mol. The monoisotopic (exact) mass is 414 g/mol. The number of aryl methyl sites for hydroxylation is 1. The molecule has 1 aromatic heterocycles. The first-order chi connectivity index (χ1) is 12.3. The molecule has 1 aromatic carbocycles. The summed E-state index contributed by atoms with van der Waals surface area (Å²) in [6.07, 6.45) is 1.87. The van der Waals surface area contributed by atoms with Crippen LogP contribution in [-0.4, -0.2) is 41.8 Å². The highest BCUT2D eigenvalue weighted by Crippen LogP contribution is 2.29. The Balaban J connectivity index is 1.74. The van der Waals surface area contributed by atoms with Crippen LogP contribution in [0.5, 0.6) is 0 Å². The number of sulfone groups is 1. The van der Waals surface area contributed by atoms with E-state index < -0.39 is 15.7 Å². The fourth-order valence-electron chi connectivity index (χ4n) is 2.74. The number of hydrazone groups is 1. The molecular formula is C16H16Cl2N4O3S. The second kappa shape index (κ2) is 7.38. The molecule has 1 fully saturated rings. The summed E-state index contributed by atoms with van der Waals surface area (Å²) in [5.41, 5.74) is 3.91. The lowest BCUT2D eigenvalue weighted by Gasteiger charge is -2.09. The van der Waals surface area contributed by atoms with Gasteiger partial charge < -0.3 is 0 Å². The number of hydrogen-bond acceptors (Lipinski definition) is 5. The van der Waals surface area contributed by atoms with Crippen LogP contribution >= 0.6 is 23.2 Å². The molecule has 0 unspecified atom stereocenters. The third-order valence-electron chi connectivity index (χ3n) is 4.07. The van der Waals surface area contributed by atoms with E-state index in [1.165, 1.54) is 17.0 Å². The molecule has 0 saturated carbocycles. The third-order valence-corrected chi connectivity index (χ3v) is 6.43. The number of aromatic nitrogens is 2. The van der Waals surface area contributed by atoms with Crippen molar-refractivity contribution < 1.29 is 13.2 Å². The van der Waals surface area contributed by atoms with E-state index in [1.54, 1.807) is 25.1 Å². The van der Waals surface area contributed by atoms with Crippen LogP contribution < -0.4 is 5.43 Å². The van der Waals surface area contributed by atoms with Crippen molar-refractivity contribution >= 4 is 45.2 Å². The Kier molecular flexibility index (Phi) is 5.36. The number of amides is 1. The van der Waals surface area contributed by atoms with Gasteiger partial charge in [-0.3, -0.25) is 4.79 Å². The molecule has 1 atom stereocenters. The summed E-state index contributed by atoms with van der Waals surface area (Å²) in [5.74, 6) is -0.256. The van der Waals surface area contributed by atoms with E-state index in [9.17, 15) is 13.2 Å². The number of carbonyl (C=O) groups excluding carboxylic acids is 1. The van der Waals surface area contributed by atoms with Crippen molar-refractivity contribution in [2.24, 2.45) is 5.10 Å². The van der Waals surface area contributed by atoms with Gasteiger partial charge in [-0.15, -0.1) is 0 Å². The van der Waals surface area contributed by atoms with Crippen LogP contribution in [0.4, 0.5) is 0 Å².